The predicted octanol–water partition coefficient (Wildman–Crippen LogP) is 1.65. The summed E-state index contributed by atoms with van der Waals surface area (Å²) in [7, 11) is 0. The van der Waals surface area contributed by atoms with Gasteiger partial charge in [0, 0.05) is 0 Å². The van der Waals surface area contributed by atoms with Gasteiger partial charge in [0.25, 0.3) is 0 Å². The van der Waals surface area contributed by atoms with E-state index in [1.165, 1.54) is 70.9 Å². The molecule has 0 spiro atoms. The maximum Gasteiger partial charge on any atom is 0.126 e. The third-order valence-corrected chi connectivity index (χ3v) is 6.97. The summed E-state index contributed by atoms with van der Waals surface area (Å²) in [5.41, 5.74) is 0.493. The van der Waals surface area contributed by atoms with E-state index in [4.69, 9.17) is 4.74 Å². The first-order valence-electron chi connectivity index (χ1n) is 9.80. The summed E-state index contributed by atoms with van der Waals surface area (Å²) in [5, 5.41) is 10.3. The van der Waals surface area contributed by atoms with Gasteiger partial charge in [-0.15, -0.1) is 0 Å². The van der Waals surface area contributed by atoms with Crippen LogP contribution in [-0.2, 0) is 4.74 Å². The molecule has 126 valence electrons. The Morgan fingerprint density at radius 1 is 0.955 bits per heavy atom. The summed E-state index contributed by atoms with van der Waals surface area (Å²) in [5.74, 6) is 2.99. The number of hydrogen-bond acceptors (Lipinski definition) is 2. The summed E-state index contributed by atoms with van der Waals surface area (Å²) in [6, 6.07) is 0. The number of hydrogen-bond donors (Lipinski definition) is 2. The Hall–Kier alpha value is -0.120. The number of ether oxygens (including phenoxy) is 1. The highest BCUT2D eigenvalue weighted by atomic mass is 16.5. The number of piperidine rings is 1. The van der Waals surface area contributed by atoms with E-state index < -0.39 is 0 Å². The molecule has 2 N–H and O–H groups in total. The van der Waals surface area contributed by atoms with Crippen LogP contribution < -0.4 is 4.90 Å². The maximum absolute atomic E-state index is 10.3. The van der Waals surface area contributed by atoms with Crippen LogP contribution in [0.4, 0.5) is 0 Å². The van der Waals surface area contributed by atoms with Crippen LogP contribution in [0.1, 0.15) is 57.8 Å². The molecular weight excluding hydrogens is 274 g/mol. The second kappa shape index (κ2) is 6.41. The third-order valence-electron chi connectivity index (χ3n) is 6.97. The first-order valence-corrected chi connectivity index (χ1v) is 9.80. The summed E-state index contributed by atoms with van der Waals surface area (Å²) in [6.45, 7) is 4.85. The Bertz CT molecular complexity index is 342. The average molecular weight is 308 g/mol. The van der Waals surface area contributed by atoms with Crippen LogP contribution in [0, 0.1) is 23.2 Å². The van der Waals surface area contributed by atoms with E-state index in [1.54, 1.807) is 4.90 Å². The van der Waals surface area contributed by atoms with Gasteiger partial charge in [-0.1, -0.05) is 0 Å². The molecule has 4 bridgehead atoms. The highest BCUT2D eigenvalue weighted by Crippen LogP contribution is 2.59. The van der Waals surface area contributed by atoms with Crippen molar-refractivity contribution in [2.75, 3.05) is 32.8 Å². The molecule has 5 fully saturated rings. The standard InChI is InChI=1S/C19H33NO2/c21-18(12-20-4-2-1-3-5-20)13-22-14-19-9-15-6-16(10-19)8-17(7-15)11-19/h15-18,21H,1-14H2/p+1/t15?,16?,17?,18-,19?/m1/s1. The van der Waals surface area contributed by atoms with E-state index in [1.807, 2.05) is 0 Å². The minimum absolute atomic E-state index is 0.262. The highest BCUT2D eigenvalue weighted by Gasteiger charge is 2.50. The van der Waals surface area contributed by atoms with Crippen LogP contribution in [0.2, 0.25) is 0 Å². The molecule has 1 heterocycles. The normalized spacial score (nSPS) is 42.7. The fourth-order valence-electron chi connectivity index (χ4n) is 6.53. The van der Waals surface area contributed by atoms with Gasteiger partial charge in [-0.25, -0.2) is 0 Å². The van der Waals surface area contributed by atoms with Crippen molar-refractivity contribution in [2.45, 2.75) is 63.9 Å². The molecule has 3 nitrogen and oxygen atoms in total. The summed E-state index contributed by atoms with van der Waals surface area (Å²) in [6.07, 6.45) is 12.5. The molecule has 1 atom stereocenters. The number of rotatable bonds is 6. The van der Waals surface area contributed by atoms with Crippen molar-refractivity contribution in [3.05, 3.63) is 0 Å². The molecule has 0 aromatic carbocycles. The molecule has 0 aromatic rings. The second-order valence-electron chi connectivity index (χ2n) is 9.10. The van der Waals surface area contributed by atoms with Gasteiger partial charge in [0.15, 0.2) is 0 Å². The first-order chi connectivity index (χ1) is 10.7. The Morgan fingerprint density at radius 2 is 1.55 bits per heavy atom. The molecule has 5 rings (SSSR count). The Balaban J connectivity index is 1.21. The molecule has 4 saturated carbocycles. The van der Waals surface area contributed by atoms with Crippen LogP contribution in [-0.4, -0.2) is 44.1 Å². The number of likely N-dealkylation sites (tertiary alicyclic amines) is 1. The van der Waals surface area contributed by atoms with Crippen LogP contribution in [0.15, 0.2) is 0 Å². The summed E-state index contributed by atoms with van der Waals surface area (Å²) in [4.78, 5) is 1.58. The van der Waals surface area contributed by atoms with Crippen LogP contribution in [0.3, 0.4) is 0 Å². The van der Waals surface area contributed by atoms with Gasteiger partial charge in [0.1, 0.15) is 12.6 Å². The Kier molecular flexibility index (Phi) is 4.49. The molecule has 0 amide bonds. The lowest BCUT2D eigenvalue weighted by molar-refractivity contribution is -0.908. The largest absolute Gasteiger partial charge is 0.385 e. The molecule has 0 aromatic heterocycles. The van der Waals surface area contributed by atoms with Crippen LogP contribution >= 0.6 is 0 Å². The molecule has 3 heteroatoms. The molecular formula is C19H34NO2+. The smallest absolute Gasteiger partial charge is 0.126 e. The molecule has 4 aliphatic carbocycles. The summed E-state index contributed by atoms with van der Waals surface area (Å²) < 4.78 is 6.06. The van der Waals surface area contributed by atoms with Crippen molar-refractivity contribution in [3.8, 4) is 0 Å². The van der Waals surface area contributed by atoms with E-state index in [9.17, 15) is 5.11 Å². The third kappa shape index (κ3) is 3.37. The molecule has 1 saturated heterocycles. The van der Waals surface area contributed by atoms with Crippen molar-refractivity contribution in [1.29, 1.82) is 0 Å². The molecule has 0 unspecified atom stereocenters. The fourth-order valence-corrected chi connectivity index (χ4v) is 6.53. The van der Waals surface area contributed by atoms with E-state index in [0.717, 1.165) is 30.9 Å². The lowest BCUT2D eigenvalue weighted by Gasteiger charge is -2.56. The number of aliphatic hydroxyl groups excluding tert-OH is 1. The van der Waals surface area contributed by atoms with Crippen molar-refractivity contribution >= 4 is 0 Å². The van der Waals surface area contributed by atoms with E-state index >= 15 is 0 Å². The Morgan fingerprint density at radius 3 is 2.14 bits per heavy atom. The molecule has 22 heavy (non-hydrogen) atoms. The van der Waals surface area contributed by atoms with Crippen molar-refractivity contribution in [1.82, 2.24) is 0 Å². The zero-order valence-corrected chi connectivity index (χ0v) is 14.1. The monoisotopic (exact) mass is 308 g/mol. The van der Waals surface area contributed by atoms with Gasteiger partial charge in [-0.2, -0.15) is 0 Å². The minimum atomic E-state index is -0.262. The predicted molar refractivity (Wildman–Crippen MR) is 86.8 cm³/mol. The number of aliphatic hydroxyl groups is 1. The molecule has 0 radical (unpaired) electrons. The zero-order chi connectivity index (χ0) is 15.0. The van der Waals surface area contributed by atoms with Gasteiger partial charge in [0.2, 0.25) is 0 Å². The van der Waals surface area contributed by atoms with Crippen LogP contribution in [0.5, 0.6) is 0 Å². The van der Waals surface area contributed by atoms with Crippen molar-refractivity contribution in [2.24, 2.45) is 23.2 Å². The van der Waals surface area contributed by atoms with Gasteiger partial charge in [-0.05, 0) is 81.0 Å². The van der Waals surface area contributed by atoms with Crippen molar-refractivity contribution in [3.63, 3.8) is 0 Å². The first kappa shape index (κ1) is 15.4. The maximum atomic E-state index is 10.3. The summed E-state index contributed by atoms with van der Waals surface area (Å²) >= 11 is 0. The van der Waals surface area contributed by atoms with Crippen molar-refractivity contribution < 1.29 is 14.7 Å². The average Bonchev–Trinajstić information content (AvgIpc) is 2.46. The van der Waals surface area contributed by atoms with E-state index in [0.29, 0.717) is 12.0 Å². The van der Waals surface area contributed by atoms with Gasteiger partial charge < -0.3 is 14.7 Å². The lowest BCUT2D eigenvalue weighted by atomic mass is 9.50. The minimum Gasteiger partial charge on any atom is -0.385 e. The zero-order valence-electron chi connectivity index (χ0n) is 14.1. The fraction of sp³-hybridized carbons (Fsp3) is 1.00. The lowest BCUT2D eigenvalue weighted by Crippen LogP contribution is -3.14. The topological polar surface area (TPSA) is 33.9 Å². The quantitative estimate of drug-likeness (QED) is 0.782. The van der Waals surface area contributed by atoms with Gasteiger partial charge >= 0.3 is 0 Å². The van der Waals surface area contributed by atoms with E-state index in [2.05, 4.69) is 0 Å². The van der Waals surface area contributed by atoms with Crippen LogP contribution in [0.25, 0.3) is 0 Å². The highest BCUT2D eigenvalue weighted by molar-refractivity contribution is 5.01. The second-order valence-corrected chi connectivity index (χ2v) is 9.10. The molecule has 5 aliphatic rings. The Labute approximate surface area is 135 Å². The van der Waals surface area contributed by atoms with Gasteiger partial charge in [-0.3, -0.25) is 0 Å². The number of quaternary nitrogens is 1. The van der Waals surface area contributed by atoms with Gasteiger partial charge in [0.05, 0.1) is 26.3 Å². The number of nitrogens with one attached hydrogen (secondary N) is 1. The van der Waals surface area contributed by atoms with E-state index in [-0.39, 0.29) is 6.10 Å². The molecule has 1 aliphatic heterocycles. The SMILES string of the molecule is O[C@@H](COCC12CC3CC(CC(C3)C1)C2)C[NH+]1CCCCC1.